The van der Waals surface area contributed by atoms with Crippen LogP contribution in [0.3, 0.4) is 0 Å². The molecular formula is C9H13NO2S. The summed E-state index contributed by atoms with van der Waals surface area (Å²) >= 11 is 1.72. The van der Waals surface area contributed by atoms with Crippen LogP contribution in [0.25, 0.3) is 0 Å². The molecule has 0 unspecified atom stereocenters. The summed E-state index contributed by atoms with van der Waals surface area (Å²) in [7, 11) is 0. The maximum Gasteiger partial charge on any atom is 0.256 e. The van der Waals surface area contributed by atoms with E-state index in [2.05, 4.69) is 0 Å². The lowest BCUT2D eigenvalue weighted by molar-refractivity contribution is -0.137. The highest BCUT2D eigenvalue weighted by Crippen LogP contribution is 2.12. The van der Waals surface area contributed by atoms with Crippen molar-refractivity contribution in [3.63, 3.8) is 0 Å². The maximum absolute atomic E-state index is 11.3. The van der Waals surface area contributed by atoms with Crippen molar-refractivity contribution in [2.45, 2.75) is 13.3 Å². The second kappa shape index (κ2) is 4.46. The number of hydrogen-bond donors (Lipinski definition) is 0. The zero-order valence-electron chi connectivity index (χ0n) is 7.87. The Hall–Kier alpha value is -0.770. The van der Waals surface area contributed by atoms with Crippen molar-refractivity contribution >= 4 is 23.6 Å². The molecule has 0 saturated carbocycles. The van der Waals surface area contributed by atoms with Gasteiger partial charge in [-0.3, -0.25) is 14.5 Å². The first-order valence-electron chi connectivity index (χ1n) is 4.20. The predicted octanol–water partition coefficient (Wildman–Crippen LogP) is 1.05. The van der Waals surface area contributed by atoms with Gasteiger partial charge in [0.15, 0.2) is 0 Å². The van der Waals surface area contributed by atoms with Crippen molar-refractivity contribution in [2.24, 2.45) is 0 Å². The van der Waals surface area contributed by atoms with E-state index in [0.29, 0.717) is 12.1 Å². The Morgan fingerprint density at radius 1 is 1.46 bits per heavy atom. The molecule has 1 rings (SSSR count). The lowest BCUT2D eigenvalue weighted by atomic mass is 10.3. The Kier molecular flexibility index (Phi) is 3.54. The van der Waals surface area contributed by atoms with Crippen LogP contribution in [0.1, 0.15) is 13.3 Å². The lowest BCUT2D eigenvalue weighted by Crippen LogP contribution is -2.32. The van der Waals surface area contributed by atoms with E-state index in [1.165, 1.54) is 11.0 Å². The van der Waals surface area contributed by atoms with Gasteiger partial charge in [0, 0.05) is 18.2 Å². The highest BCUT2D eigenvalue weighted by atomic mass is 32.2. The molecular weight excluding hydrogens is 186 g/mol. The largest absolute Gasteiger partial charge is 0.275 e. The molecule has 1 aliphatic rings. The van der Waals surface area contributed by atoms with Crippen molar-refractivity contribution in [1.82, 2.24) is 4.90 Å². The number of thioether (sulfide) groups is 1. The van der Waals surface area contributed by atoms with Gasteiger partial charge in [-0.05, 0) is 25.4 Å². The molecule has 0 aromatic rings. The monoisotopic (exact) mass is 199 g/mol. The van der Waals surface area contributed by atoms with E-state index in [1.54, 1.807) is 18.7 Å². The van der Waals surface area contributed by atoms with Crippen LogP contribution in [0.5, 0.6) is 0 Å². The Bertz CT molecular complexity index is 260. The minimum atomic E-state index is -0.163. The van der Waals surface area contributed by atoms with E-state index < -0.39 is 0 Å². The van der Waals surface area contributed by atoms with Crippen LogP contribution >= 0.6 is 11.8 Å². The molecule has 0 saturated heterocycles. The van der Waals surface area contributed by atoms with Gasteiger partial charge in [0.25, 0.3) is 11.8 Å². The van der Waals surface area contributed by atoms with Gasteiger partial charge in [-0.1, -0.05) is 0 Å². The Morgan fingerprint density at radius 2 is 2.15 bits per heavy atom. The molecule has 0 aromatic carbocycles. The number of hydrogen-bond acceptors (Lipinski definition) is 3. The molecule has 0 bridgehead atoms. The van der Waals surface area contributed by atoms with Crippen LogP contribution < -0.4 is 0 Å². The van der Waals surface area contributed by atoms with Crippen molar-refractivity contribution < 1.29 is 9.59 Å². The van der Waals surface area contributed by atoms with Crippen molar-refractivity contribution in [1.29, 1.82) is 0 Å². The summed E-state index contributed by atoms with van der Waals surface area (Å²) in [5.74, 6) is 0.686. The topological polar surface area (TPSA) is 37.4 Å². The van der Waals surface area contributed by atoms with Crippen molar-refractivity contribution in [3.8, 4) is 0 Å². The minimum absolute atomic E-state index is 0.133. The smallest absolute Gasteiger partial charge is 0.256 e. The molecule has 2 amide bonds. The number of carbonyl (C=O) groups excluding carboxylic acids is 2. The van der Waals surface area contributed by atoms with Crippen LogP contribution in [0.4, 0.5) is 0 Å². The molecule has 4 heteroatoms. The Balaban J connectivity index is 2.44. The molecule has 0 aromatic heterocycles. The van der Waals surface area contributed by atoms with Crippen LogP contribution in [-0.4, -0.2) is 35.3 Å². The number of carbonyl (C=O) groups is 2. The third-order valence-corrected chi connectivity index (χ3v) is 2.62. The van der Waals surface area contributed by atoms with Gasteiger partial charge < -0.3 is 0 Å². The quantitative estimate of drug-likeness (QED) is 0.502. The molecule has 0 spiro atoms. The zero-order valence-corrected chi connectivity index (χ0v) is 8.69. The summed E-state index contributed by atoms with van der Waals surface area (Å²) in [5.41, 5.74) is 0.550. The molecule has 3 nitrogen and oxygen atoms in total. The number of imide groups is 1. The zero-order chi connectivity index (χ0) is 9.84. The van der Waals surface area contributed by atoms with Gasteiger partial charge >= 0.3 is 0 Å². The van der Waals surface area contributed by atoms with E-state index in [1.807, 2.05) is 6.26 Å². The van der Waals surface area contributed by atoms with Crippen LogP contribution in [0.2, 0.25) is 0 Å². The molecule has 13 heavy (non-hydrogen) atoms. The van der Waals surface area contributed by atoms with E-state index in [0.717, 1.165) is 12.2 Å². The Morgan fingerprint density at radius 3 is 2.62 bits per heavy atom. The average molecular weight is 199 g/mol. The lowest BCUT2D eigenvalue weighted by Gasteiger charge is -2.13. The van der Waals surface area contributed by atoms with Gasteiger partial charge in [0.05, 0.1) is 0 Å². The predicted molar refractivity (Wildman–Crippen MR) is 53.5 cm³/mol. The summed E-state index contributed by atoms with van der Waals surface area (Å²) in [4.78, 5) is 23.9. The van der Waals surface area contributed by atoms with Crippen LogP contribution in [0, 0.1) is 0 Å². The van der Waals surface area contributed by atoms with E-state index >= 15 is 0 Å². The first kappa shape index (κ1) is 10.3. The molecule has 0 aliphatic carbocycles. The molecule has 0 atom stereocenters. The van der Waals surface area contributed by atoms with E-state index in [4.69, 9.17) is 0 Å². The molecule has 72 valence electrons. The second-order valence-corrected chi connectivity index (χ2v) is 3.95. The fraction of sp³-hybridized carbons (Fsp3) is 0.556. The fourth-order valence-corrected chi connectivity index (χ4v) is 1.63. The minimum Gasteiger partial charge on any atom is -0.275 e. The van der Waals surface area contributed by atoms with Crippen molar-refractivity contribution in [3.05, 3.63) is 11.6 Å². The summed E-state index contributed by atoms with van der Waals surface area (Å²) in [6.07, 6.45) is 4.29. The normalized spacial score (nSPS) is 16.8. The number of amides is 2. The summed E-state index contributed by atoms with van der Waals surface area (Å²) in [5, 5.41) is 0. The van der Waals surface area contributed by atoms with E-state index in [-0.39, 0.29) is 11.8 Å². The molecule has 0 radical (unpaired) electrons. The SMILES string of the molecule is CSCCCN1C(=O)C=C(C)C1=O. The van der Waals surface area contributed by atoms with Gasteiger partial charge in [-0.25, -0.2) is 0 Å². The molecule has 0 N–H and O–H groups in total. The molecule has 0 fully saturated rings. The van der Waals surface area contributed by atoms with Gasteiger partial charge in [-0.15, -0.1) is 0 Å². The number of nitrogens with zero attached hydrogens (tertiary/aromatic N) is 1. The maximum atomic E-state index is 11.3. The summed E-state index contributed by atoms with van der Waals surface area (Å²) in [6, 6.07) is 0. The third kappa shape index (κ3) is 2.34. The average Bonchev–Trinajstić information content (AvgIpc) is 2.32. The highest BCUT2D eigenvalue weighted by Gasteiger charge is 2.27. The fourth-order valence-electron chi connectivity index (χ4n) is 1.22. The van der Waals surface area contributed by atoms with Gasteiger partial charge in [0.1, 0.15) is 0 Å². The van der Waals surface area contributed by atoms with Crippen molar-refractivity contribution in [2.75, 3.05) is 18.6 Å². The van der Waals surface area contributed by atoms with E-state index in [9.17, 15) is 9.59 Å². The third-order valence-electron chi connectivity index (χ3n) is 1.92. The summed E-state index contributed by atoms with van der Waals surface area (Å²) in [6.45, 7) is 2.22. The Labute approximate surface area is 82.2 Å². The summed E-state index contributed by atoms with van der Waals surface area (Å²) < 4.78 is 0. The van der Waals surface area contributed by atoms with Crippen LogP contribution in [-0.2, 0) is 9.59 Å². The van der Waals surface area contributed by atoms with Gasteiger partial charge in [-0.2, -0.15) is 11.8 Å². The second-order valence-electron chi connectivity index (χ2n) is 2.97. The highest BCUT2D eigenvalue weighted by molar-refractivity contribution is 7.98. The first-order valence-corrected chi connectivity index (χ1v) is 5.59. The molecule has 1 heterocycles. The number of rotatable bonds is 4. The van der Waals surface area contributed by atoms with Gasteiger partial charge in [0.2, 0.25) is 0 Å². The standard InChI is InChI=1S/C9H13NO2S/c1-7-6-8(11)10(9(7)12)4-3-5-13-2/h6H,3-5H2,1-2H3. The first-order chi connectivity index (χ1) is 6.16. The van der Waals surface area contributed by atoms with Crippen LogP contribution in [0.15, 0.2) is 11.6 Å². The molecule has 1 aliphatic heterocycles.